The molecule has 3 aliphatic rings. The van der Waals surface area contributed by atoms with Gasteiger partial charge in [-0.25, -0.2) is 14.9 Å². The van der Waals surface area contributed by atoms with Gasteiger partial charge in [0, 0.05) is 24.4 Å². The second-order valence-electron chi connectivity index (χ2n) is 9.63. The fraction of sp³-hybridized carbons (Fsp3) is 0.321. The Balaban J connectivity index is 1.45. The molecule has 0 aromatic heterocycles. The van der Waals surface area contributed by atoms with Crippen molar-refractivity contribution >= 4 is 17.6 Å². The van der Waals surface area contributed by atoms with Crippen LogP contribution in [0.25, 0.3) is 11.1 Å². The molecular formula is C28H28ClN3O2. The zero-order valence-corrected chi connectivity index (χ0v) is 20.2. The quantitative estimate of drug-likeness (QED) is 0.501. The molecule has 6 heteroatoms. The number of hydrogen-bond donors (Lipinski definition) is 1. The number of rotatable bonds is 2. The van der Waals surface area contributed by atoms with E-state index < -0.39 is 5.72 Å². The molecule has 2 N–H and O–H groups in total. The van der Waals surface area contributed by atoms with Gasteiger partial charge in [0.2, 0.25) is 11.7 Å². The molecule has 3 aromatic carbocycles. The fourth-order valence-electron chi connectivity index (χ4n) is 5.75. The van der Waals surface area contributed by atoms with Gasteiger partial charge < -0.3 is 10.5 Å². The van der Waals surface area contributed by atoms with Gasteiger partial charge in [0.15, 0.2) is 0 Å². The highest BCUT2D eigenvalue weighted by Crippen LogP contribution is 2.51. The van der Waals surface area contributed by atoms with Gasteiger partial charge in [-0.05, 0) is 78.3 Å². The zero-order chi connectivity index (χ0) is 23.4. The van der Waals surface area contributed by atoms with Gasteiger partial charge in [-0.2, -0.15) is 0 Å². The molecule has 0 amide bonds. The standard InChI is InChI=1S/C28H28ClN3O2/c1-17-12-20(14-21(29)13-17)19-10-11-25-24(15-19)28(31-27(30)32(2)34-28)16-26(33-25)23-9-5-7-18-6-3-4-8-22(18)23/h3-4,6,8,10-15,23,26H,5,7,9,16H2,1-2H3,(H2,30,31). The largest absolute Gasteiger partial charge is 0.489 e. The van der Waals surface area contributed by atoms with E-state index in [4.69, 9.17) is 31.9 Å². The summed E-state index contributed by atoms with van der Waals surface area (Å²) in [6.45, 7) is 2.05. The number of benzene rings is 3. The molecule has 3 atom stereocenters. The van der Waals surface area contributed by atoms with Gasteiger partial charge in [-0.15, -0.1) is 0 Å². The molecule has 0 fully saturated rings. The molecule has 3 unspecified atom stereocenters. The molecule has 0 saturated heterocycles. The van der Waals surface area contributed by atoms with E-state index in [0.717, 1.165) is 47.3 Å². The van der Waals surface area contributed by atoms with Crippen LogP contribution in [-0.4, -0.2) is 24.2 Å². The Morgan fingerprint density at radius 1 is 1.09 bits per heavy atom. The second-order valence-corrected chi connectivity index (χ2v) is 10.1. The summed E-state index contributed by atoms with van der Waals surface area (Å²) in [5, 5.41) is 2.28. The third kappa shape index (κ3) is 3.55. The zero-order valence-electron chi connectivity index (χ0n) is 19.4. The van der Waals surface area contributed by atoms with Crippen molar-refractivity contribution in [1.29, 1.82) is 0 Å². The van der Waals surface area contributed by atoms with Crippen LogP contribution in [0, 0.1) is 6.92 Å². The Bertz CT molecular complexity index is 1290. The maximum Gasteiger partial charge on any atom is 0.221 e. The second kappa shape index (κ2) is 8.03. The van der Waals surface area contributed by atoms with Crippen molar-refractivity contribution in [3.05, 3.63) is 87.9 Å². The molecule has 1 spiro atoms. The van der Waals surface area contributed by atoms with Crippen molar-refractivity contribution in [3.8, 4) is 16.9 Å². The van der Waals surface area contributed by atoms with Crippen LogP contribution in [0.4, 0.5) is 0 Å². The van der Waals surface area contributed by atoms with Crippen LogP contribution in [0.1, 0.15) is 47.4 Å². The van der Waals surface area contributed by atoms with Crippen LogP contribution in [0.2, 0.25) is 5.02 Å². The lowest BCUT2D eigenvalue weighted by Crippen LogP contribution is -2.42. The number of hydroxylamine groups is 2. The number of fused-ring (bicyclic) bond motifs is 3. The van der Waals surface area contributed by atoms with E-state index in [1.54, 1.807) is 12.1 Å². The number of aryl methyl sites for hydroxylation is 2. The van der Waals surface area contributed by atoms with Gasteiger partial charge in [0.25, 0.3) is 0 Å². The molecule has 2 heterocycles. The number of hydrogen-bond acceptors (Lipinski definition) is 5. The molecule has 3 aromatic rings. The molecule has 0 bridgehead atoms. The minimum absolute atomic E-state index is 0.0590. The van der Waals surface area contributed by atoms with Crippen LogP contribution in [0.15, 0.2) is 65.7 Å². The number of nitrogens with zero attached hydrogens (tertiary/aromatic N) is 2. The Hall–Kier alpha value is -3.02. The van der Waals surface area contributed by atoms with Gasteiger partial charge in [0.1, 0.15) is 11.9 Å². The molecule has 174 valence electrons. The topological polar surface area (TPSA) is 60.1 Å². The highest BCUT2D eigenvalue weighted by molar-refractivity contribution is 6.31. The Labute approximate surface area is 205 Å². The first-order valence-corrected chi connectivity index (χ1v) is 12.2. The summed E-state index contributed by atoms with van der Waals surface area (Å²) >= 11 is 6.35. The highest BCUT2D eigenvalue weighted by Gasteiger charge is 2.50. The Morgan fingerprint density at radius 3 is 2.74 bits per heavy atom. The average molecular weight is 474 g/mol. The maximum atomic E-state index is 6.69. The third-order valence-corrected chi connectivity index (χ3v) is 7.52. The van der Waals surface area contributed by atoms with Crippen molar-refractivity contribution in [2.24, 2.45) is 10.7 Å². The van der Waals surface area contributed by atoms with Gasteiger partial charge in [-0.3, -0.25) is 0 Å². The summed E-state index contributed by atoms with van der Waals surface area (Å²) in [7, 11) is 1.80. The normalized spacial score (nSPS) is 25.5. The fourth-order valence-corrected chi connectivity index (χ4v) is 6.04. The summed E-state index contributed by atoms with van der Waals surface area (Å²) in [5.74, 6) is 1.46. The summed E-state index contributed by atoms with van der Waals surface area (Å²) in [4.78, 5) is 11.2. The van der Waals surface area contributed by atoms with E-state index in [0.29, 0.717) is 17.4 Å². The molecule has 0 radical (unpaired) electrons. The van der Waals surface area contributed by atoms with Crippen LogP contribution < -0.4 is 10.5 Å². The monoisotopic (exact) mass is 473 g/mol. The van der Waals surface area contributed by atoms with E-state index in [1.165, 1.54) is 11.1 Å². The maximum absolute atomic E-state index is 6.69. The highest BCUT2D eigenvalue weighted by atomic mass is 35.5. The molecule has 5 nitrogen and oxygen atoms in total. The Morgan fingerprint density at radius 2 is 1.94 bits per heavy atom. The Kier molecular flexibility index (Phi) is 5.08. The first-order valence-electron chi connectivity index (χ1n) is 11.9. The lowest BCUT2D eigenvalue weighted by molar-refractivity contribution is -0.192. The average Bonchev–Trinajstić information content (AvgIpc) is 3.11. The number of guanidine groups is 1. The summed E-state index contributed by atoms with van der Waals surface area (Å²) in [6, 6.07) is 21.0. The summed E-state index contributed by atoms with van der Waals surface area (Å²) in [6.07, 6.45) is 3.90. The SMILES string of the molecule is Cc1cc(Cl)cc(-c2ccc3c(c2)C2(CC(C4CCCc5ccccc54)O3)N=C(N)N(C)O2)c1. The van der Waals surface area contributed by atoms with Gasteiger partial charge in [0.05, 0.1) is 5.56 Å². The number of halogens is 1. The summed E-state index contributed by atoms with van der Waals surface area (Å²) < 4.78 is 6.69. The van der Waals surface area contributed by atoms with Crippen molar-refractivity contribution < 1.29 is 9.57 Å². The molecule has 1 aliphatic carbocycles. The lowest BCUT2D eigenvalue weighted by atomic mass is 9.76. The predicted octanol–water partition coefficient (Wildman–Crippen LogP) is 5.93. The first-order chi connectivity index (χ1) is 16.4. The van der Waals surface area contributed by atoms with Gasteiger partial charge in [-0.1, -0.05) is 48.0 Å². The predicted molar refractivity (Wildman–Crippen MR) is 135 cm³/mol. The van der Waals surface area contributed by atoms with E-state index in [1.807, 2.05) is 25.1 Å². The van der Waals surface area contributed by atoms with E-state index in [2.05, 4.69) is 42.5 Å². The molecule has 0 saturated carbocycles. The minimum Gasteiger partial charge on any atom is -0.489 e. The van der Waals surface area contributed by atoms with Crippen LogP contribution in [0.3, 0.4) is 0 Å². The summed E-state index contributed by atoms with van der Waals surface area (Å²) in [5.41, 5.74) is 12.2. The van der Waals surface area contributed by atoms with E-state index in [9.17, 15) is 0 Å². The molecule has 34 heavy (non-hydrogen) atoms. The molecule has 2 aliphatic heterocycles. The number of ether oxygens (including phenoxy) is 1. The van der Waals surface area contributed by atoms with Crippen LogP contribution >= 0.6 is 11.6 Å². The molecule has 6 rings (SSSR count). The molecular weight excluding hydrogens is 446 g/mol. The number of nitrogens with two attached hydrogens (primary N) is 1. The van der Waals surface area contributed by atoms with Crippen molar-refractivity contribution in [3.63, 3.8) is 0 Å². The number of aliphatic imine (C=N–C) groups is 1. The van der Waals surface area contributed by atoms with Crippen molar-refractivity contribution in [1.82, 2.24) is 5.06 Å². The van der Waals surface area contributed by atoms with E-state index >= 15 is 0 Å². The van der Waals surface area contributed by atoms with Crippen LogP contribution in [0.5, 0.6) is 5.75 Å². The van der Waals surface area contributed by atoms with Gasteiger partial charge >= 0.3 is 0 Å². The first kappa shape index (κ1) is 21.5. The lowest BCUT2D eigenvalue weighted by Gasteiger charge is -2.41. The van der Waals surface area contributed by atoms with Crippen molar-refractivity contribution in [2.45, 2.75) is 50.4 Å². The minimum atomic E-state index is -0.910. The van der Waals surface area contributed by atoms with Crippen LogP contribution in [-0.2, 0) is 17.0 Å². The third-order valence-electron chi connectivity index (χ3n) is 7.30. The van der Waals surface area contributed by atoms with E-state index in [-0.39, 0.29) is 12.0 Å². The van der Waals surface area contributed by atoms with Crippen molar-refractivity contribution in [2.75, 3.05) is 7.05 Å². The smallest absolute Gasteiger partial charge is 0.221 e.